The molecule has 3 aromatic carbocycles. The Balaban J connectivity index is 1.84. The molecule has 0 atom stereocenters. The van der Waals surface area contributed by atoms with Crippen LogP contribution in [0.15, 0.2) is 66.7 Å². The van der Waals surface area contributed by atoms with Gasteiger partial charge in [-0.1, -0.05) is 30.3 Å². The zero-order valence-electron chi connectivity index (χ0n) is 16.2. The van der Waals surface area contributed by atoms with Crippen LogP contribution in [0.2, 0.25) is 0 Å². The van der Waals surface area contributed by atoms with Crippen molar-refractivity contribution in [3.63, 3.8) is 0 Å². The Morgan fingerprint density at radius 2 is 1.77 bits per heavy atom. The van der Waals surface area contributed by atoms with Gasteiger partial charge in [0, 0.05) is 5.39 Å². The molecule has 0 saturated carbocycles. The van der Waals surface area contributed by atoms with Crippen LogP contribution in [0.3, 0.4) is 0 Å². The molecule has 4 aromatic rings. The predicted molar refractivity (Wildman–Crippen MR) is 123 cm³/mol. The number of rotatable bonds is 6. The quantitative estimate of drug-likeness (QED) is 0.299. The van der Waals surface area contributed by atoms with Gasteiger partial charge >= 0.3 is 0 Å². The van der Waals surface area contributed by atoms with Gasteiger partial charge in [0.05, 0.1) is 39.5 Å². The fourth-order valence-corrected chi connectivity index (χ4v) is 3.75. The van der Waals surface area contributed by atoms with Crippen molar-refractivity contribution < 1.29 is 9.53 Å². The molecule has 0 amide bonds. The minimum atomic E-state index is 0.190. The lowest BCUT2D eigenvalue weighted by molar-refractivity contribution is 0.112. The summed E-state index contributed by atoms with van der Waals surface area (Å²) in [5.74, 6) is 1.39. The number of nitrogen functional groups attached to an aromatic ring is 1. The summed E-state index contributed by atoms with van der Waals surface area (Å²) in [7, 11) is 0. The predicted octanol–water partition coefficient (Wildman–Crippen LogP) is 5.54. The van der Waals surface area contributed by atoms with Gasteiger partial charge in [-0.25, -0.2) is 4.98 Å². The van der Waals surface area contributed by atoms with E-state index in [1.54, 1.807) is 3.93 Å². The highest BCUT2D eigenvalue weighted by atomic mass is 79.9. The summed E-state index contributed by atoms with van der Waals surface area (Å²) in [5, 5.41) is 0.823. The zero-order valence-corrected chi connectivity index (χ0v) is 17.8. The van der Waals surface area contributed by atoms with Crippen LogP contribution in [0.4, 0.5) is 17.5 Å². The molecule has 30 heavy (non-hydrogen) atoms. The third-order valence-corrected chi connectivity index (χ3v) is 5.38. The van der Waals surface area contributed by atoms with E-state index in [1.165, 1.54) is 0 Å². The Labute approximate surface area is 182 Å². The molecular formula is C23H19BrN4O2. The molecule has 0 aliphatic rings. The Bertz CT molecular complexity index is 1210. The molecule has 6 nitrogen and oxygen atoms in total. The lowest BCUT2D eigenvalue weighted by Crippen LogP contribution is -2.07. The van der Waals surface area contributed by atoms with Gasteiger partial charge in [-0.2, -0.15) is 4.98 Å². The first-order valence-corrected chi connectivity index (χ1v) is 10.1. The monoisotopic (exact) mass is 462 g/mol. The van der Waals surface area contributed by atoms with Crippen LogP contribution in [0, 0.1) is 0 Å². The molecule has 2 N–H and O–H groups in total. The number of nitrogens with zero attached hydrogens (tertiary/aromatic N) is 3. The number of benzene rings is 3. The maximum Gasteiger partial charge on any atom is 0.222 e. The van der Waals surface area contributed by atoms with E-state index < -0.39 is 0 Å². The number of ether oxygens (including phenoxy) is 1. The lowest BCUT2D eigenvalue weighted by Gasteiger charge is -2.18. The van der Waals surface area contributed by atoms with Crippen LogP contribution < -0.4 is 14.4 Å². The van der Waals surface area contributed by atoms with Crippen molar-refractivity contribution in [2.45, 2.75) is 6.92 Å². The average Bonchev–Trinajstić information content (AvgIpc) is 2.78. The Kier molecular flexibility index (Phi) is 5.63. The summed E-state index contributed by atoms with van der Waals surface area (Å²) in [6.07, 6.45) is 0.806. The molecule has 7 heteroatoms. The third kappa shape index (κ3) is 3.84. The highest BCUT2D eigenvalue weighted by molar-refractivity contribution is 9.10. The molecule has 0 aliphatic carbocycles. The molecule has 0 spiro atoms. The van der Waals surface area contributed by atoms with E-state index in [1.807, 2.05) is 73.7 Å². The smallest absolute Gasteiger partial charge is 0.222 e. The van der Waals surface area contributed by atoms with Crippen LogP contribution in [-0.2, 0) is 0 Å². The fraction of sp³-hybridized carbons (Fsp3) is 0.0870. The van der Waals surface area contributed by atoms with Crippen molar-refractivity contribution >= 4 is 50.8 Å². The Morgan fingerprint density at radius 1 is 1.03 bits per heavy atom. The summed E-state index contributed by atoms with van der Waals surface area (Å²) in [5.41, 5.74) is 9.92. The van der Waals surface area contributed by atoms with Crippen LogP contribution in [0.5, 0.6) is 5.75 Å². The maximum absolute atomic E-state index is 11.5. The minimum absolute atomic E-state index is 0.190. The minimum Gasteiger partial charge on any atom is -0.493 e. The summed E-state index contributed by atoms with van der Waals surface area (Å²) in [6, 6.07) is 21.2. The molecule has 0 unspecified atom stereocenters. The van der Waals surface area contributed by atoms with Gasteiger partial charge in [0.25, 0.3) is 0 Å². The van der Waals surface area contributed by atoms with Gasteiger partial charge in [-0.3, -0.25) is 8.72 Å². The van der Waals surface area contributed by atoms with Gasteiger partial charge in [0.1, 0.15) is 5.75 Å². The number of aldehydes is 1. The third-order valence-electron chi connectivity index (χ3n) is 4.63. The number of hydrogen-bond acceptors (Lipinski definition) is 6. The SMILES string of the molecule is CCOc1ccc(-c2ccc3nc(N)nc(N(Br)c4ccccc4)c3c2)cc1C=O. The van der Waals surface area contributed by atoms with E-state index in [-0.39, 0.29) is 5.95 Å². The molecule has 0 fully saturated rings. The fourth-order valence-electron chi connectivity index (χ4n) is 3.25. The van der Waals surface area contributed by atoms with Crippen molar-refractivity contribution in [2.75, 3.05) is 16.3 Å². The van der Waals surface area contributed by atoms with Gasteiger partial charge in [-0.05, 0) is 54.4 Å². The van der Waals surface area contributed by atoms with Crippen LogP contribution in [-0.4, -0.2) is 22.9 Å². The number of halogens is 1. The van der Waals surface area contributed by atoms with Gasteiger partial charge in [0.15, 0.2) is 12.1 Å². The Hall–Kier alpha value is -3.45. The van der Waals surface area contributed by atoms with Crippen molar-refractivity contribution in [2.24, 2.45) is 0 Å². The highest BCUT2D eigenvalue weighted by Crippen LogP contribution is 2.36. The Morgan fingerprint density at radius 3 is 2.50 bits per heavy atom. The van der Waals surface area contributed by atoms with E-state index in [4.69, 9.17) is 10.5 Å². The number of aromatic nitrogens is 2. The van der Waals surface area contributed by atoms with E-state index in [9.17, 15) is 4.79 Å². The lowest BCUT2D eigenvalue weighted by atomic mass is 10.0. The van der Waals surface area contributed by atoms with Crippen molar-refractivity contribution in [3.05, 3.63) is 72.3 Å². The number of carbonyl (C=O) groups excluding carboxylic acids is 1. The first-order valence-electron chi connectivity index (χ1n) is 9.41. The van der Waals surface area contributed by atoms with Gasteiger partial charge in [0.2, 0.25) is 5.95 Å². The van der Waals surface area contributed by atoms with E-state index in [0.29, 0.717) is 23.7 Å². The van der Waals surface area contributed by atoms with Gasteiger partial charge in [-0.15, -0.1) is 0 Å². The number of hydrogen-bond donors (Lipinski definition) is 1. The van der Waals surface area contributed by atoms with Crippen LogP contribution >= 0.6 is 16.1 Å². The molecule has 0 aliphatic heterocycles. The van der Waals surface area contributed by atoms with Crippen molar-refractivity contribution in [1.82, 2.24) is 9.97 Å². The highest BCUT2D eigenvalue weighted by Gasteiger charge is 2.15. The molecule has 1 heterocycles. The standard InChI is InChI=1S/C23H19BrN4O2/c1-2-30-21-11-9-15(12-17(21)14-29)16-8-10-20-19(13-16)22(27-23(25)26-20)28(24)18-6-4-3-5-7-18/h3-14H,2H2,1H3,(H2,25,26,27). The summed E-state index contributed by atoms with van der Waals surface area (Å²) >= 11 is 3.60. The second-order valence-corrected chi connectivity index (χ2v) is 7.27. The molecule has 150 valence electrons. The number of anilines is 3. The number of carbonyl (C=O) groups is 1. The van der Waals surface area contributed by atoms with Crippen molar-refractivity contribution in [1.29, 1.82) is 0 Å². The van der Waals surface area contributed by atoms with E-state index >= 15 is 0 Å². The summed E-state index contributed by atoms with van der Waals surface area (Å²) in [4.78, 5) is 20.3. The number of para-hydroxylation sites is 1. The second kappa shape index (κ2) is 8.51. The molecule has 0 saturated heterocycles. The number of nitrogens with two attached hydrogens (primary N) is 1. The van der Waals surface area contributed by atoms with E-state index in [2.05, 4.69) is 26.1 Å². The zero-order chi connectivity index (χ0) is 21.1. The topological polar surface area (TPSA) is 81.3 Å². The molecular weight excluding hydrogens is 444 g/mol. The van der Waals surface area contributed by atoms with Crippen LogP contribution in [0.1, 0.15) is 17.3 Å². The summed E-state index contributed by atoms with van der Waals surface area (Å²) in [6.45, 7) is 2.39. The molecule has 1 aromatic heterocycles. The largest absolute Gasteiger partial charge is 0.493 e. The maximum atomic E-state index is 11.5. The van der Waals surface area contributed by atoms with Gasteiger partial charge < -0.3 is 10.5 Å². The molecule has 4 rings (SSSR count). The van der Waals surface area contributed by atoms with E-state index in [0.717, 1.165) is 34.0 Å². The van der Waals surface area contributed by atoms with Crippen LogP contribution in [0.25, 0.3) is 22.0 Å². The molecule has 0 bridgehead atoms. The first-order chi connectivity index (χ1) is 14.6. The average molecular weight is 463 g/mol. The van der Waals surface area contributed by atoms with Crippen molar-refractivity contribution in [3.8, 4) is 16.9 Å². The first kappa shape index (κ1) is 19.8. The second-order valence-electron chi connectivity index (χ2n) is 6.56. The summed E-state index contributed by atoms with van der Waals surface area (Å²) < 4.78 is 7.32. The number of fused-ring (bicyclic) bond motifs is 1. The normalized spacial score (nSPS) is 10.7. The molecule has 0 radical (unpaired) electrons.